The number of hydrogen-bond donors (Lipinski definition) is 3. The third-order valence-electron chi connectivity index (χ3n) is 15.1. The largest absolute Gasteiger partial charge is 0.497 e. The number of nitrogens with one attached hydrogen (secondary N) is 2. The number of aliphatic hydroxyl groups is 1. The van der Waals surface area contributed by atoms with Crippen molar-refractivity contribution in [3.63, 3.8) is 0 Å². The maximum Gasteiger partial charge on any atom is 0.329 e. The van der Waals surface area contributed by atoms with E-state index in [-0.39, 0.29) is 18.9 Å². The van der Waals surface area contributed by atoms with Gasteiger partial charge in [0.1, 0.15) is 35.7 Å². The van der Waals surface area contributed by atoms with E-state index in [0.717, 1.165) is 21.7 Å². The quantitative estimate of drug-likeness (QED) is 0.0792. The van der Waals surface area contributed by atoms with Crippen LogP contribution in [0.4, 0.5) is 21.9 Å². The van der Waals surface area contributed by atoms with Crippen molar-refractivity contribution in [2.24, 2.45) is 5.92 Å². The summed E-state index contributed by atoms with van der Waals surface area (Å²) >= 11 is 0. The number of fused-ring (bicyclic) bond motifs is 3. The summed E-state index contributed by atoms with van der Waals surface area (Å²) < 4.78 is 23.8. The molecule has 0 unspecified atom stereocenters. The topological polar surface area (TPSA) is 159 Å². The molecule has 3 fully saturated rings. The van der Waals surface area contributed by atoms with Crippen LogP contribution in [0.2, 0.25) is 0 Å². The molecule has 3 saturated heterocycles. The number of amides is 4. The number of cyclic esters (lactones) is 1. The molecule has 4 aliphatic rings. The first kappa shape index (κ1) is 50.4. The van der Waals surface area contributed by atoms with Crippen LogP contribution in [-0.4, -0.2) is 86.5 Å². The molecule has 77 heavy (non-hydrogen) atoms. The van der Waals surface area contributed by atoms with Crippen molar-refractivity contribution in [1.82, 2.24) is 10.2 Å². The number of hydrogen-bond acceptors (Lipinski definition) is 11. The first-order chi connectivity index (χ1) is 37.7. The number of anilines is 3. The van der Waals surface area contributed by atoms with Crippen molar-refractivity contribution in [3.05, 3.63) is 221 Å². The van der Waals surface area contributed by atoms with Crippen LogP contribution in [0.3, 0.4) is 0 Å². The number of morpholine rings is 2. The number of urea groups is 1. The van der Waals surface area contributed by atoms with E-state index in [1.54, 1.807) is 55.6 Å². The number of rotatable bonds is 12. The molecule has 3 N–H and O–H groups in total. The van der Waals surface area contributed by atoms with E-state index in [0.29, 0.717) is 71.3 Å². The molecule has 0 saturated carbocycles. The zero-order valence-corrected chi connectivity index (χ0v) is 42.6. The predicted molar refractivity (Wildman–Crippen MR) is 291 cm³/mol. The van der Waals surface area contributed by atoms with Gasteiger partial charge in [0.2, 0.25) is 11.8 Å². The number of methoxy groups -OCH3 is 1. The van der Waals surface area contributed by atoms with E-state index in [1.807, 2.05) is 145 Å². The van der Waals surface area contributed by atoms with Gasteiger partial charge >= 0.3 is 12.0 Å². The standard InChI is InChI=1S/C63H57N5O9/c1-41(44-13-6-3-7-14-44)64-62(73)67-53-32-25-43(22-21-42-23-30-50(74-2)31-24-42)39-52(53)63(61(67)72)54(59(70)65-48-26-28-49(29-27-48)66-33-36-75-37-34-66)56-60(71)77-57(46-17-10-5-11-18-46)55(45-15-8-4-9-16-45)68(56)58(63)47-19-12-20-51(40-47)76-38-35-69/h3-20,23-32,39-41,54-58,69H,33-38H2,1-2H3,(H,64,73)(H,65,70)/t41-,54+,55+,56+,57-,58-,63+/m1/s1. The number of carbonyl (C=O) groups is 4. The van der Waals surface area contributed by atoms with Crippen LogP contribution in [0, 0.1) is 17.8 Å². The summed E-state index contributed by atoms with van der Waals surface area (Å²) in [6.45, 7) is 4.14. The van der Waals surface area contributed by atoms with Crippen molar-refractivity contribution < 1.29 is 43.2 Å². The summed E-state index contributed by atoms with van der Waals surface area (Å²) in [6, 6.07) is 50.9. The van der Waals surface area contributed by atoms with Crippen molar-refractivity contribution in [3.8, 4) is 23.3 Å². The monoisotopic (exact) mass is 1030 g/mol. The molecule has 4 amide bonds. The van der Waals surface area contributed by atoms with E-state index in [2.05, 4.69) is 27.4 Å². The number of ether oxygens (including phenoxy) is 4. The minimum Gasteiger partial charge on any atom is -0.497 e. The molecule has 388 valence electrons. The molecule has 0 aliphatic carbocycles. The fourth-order valence-electron chi connectivity index (χ4n) is 11.6. The first-order valence-corrected chi connectivity index (χ1v) is 25.8. The number of aliphatic hydroxyl groups excluding tert-OH is 1. The van der Waals surface area contributed by atoms with Gasteiger partial charge in [-0.2, -0.15) is 0 Å². The van der Waals surface area contributed by atoms with E-state index in [9.17, 15) is 5.11 Å². The lowest BCUT2D eigenvalue weighted by atomic mass is 9.65. The molecule has 7 atom stereocenters. The molecule has 14 nitrogen and oxygen atoms in total. The highest BCUT2D eigenvalue weighted by atomic mass is 16.6. The smallest absolute Gasteiger partial charge is 0.329 e. The van der Waals surface area contributed by atoms with Crippen molar-refractivity contribution >= 4 is 40.9 Å². The lowest BCUT2D eigenvalue weighted by molar-refractivity contribution is -0.177. The highest BCUT2D eigenvalue weighted by Crippen LogP contribution is 2.66. The average Bonchev–Trinajstić information content (AvgIpc) is 4.10. The normalized spacial score (nSPS) is 22.0. The molecule has 4 heterocycles. The fourth-order valence-corrected chi connectivity index (χ4v) is 11.6. The Morgan fingerprint density at radius 1 is 0.727 bits per heavy atom. The lowest BCUT2D eigenvalue weighted by Gasteiger charge is -2.46. The second kappa shape index (κ2) is 21.8. The molecule has 0 aromatic heterocycles. The average molecular weight is 1030 g/mol. The van der Waals surface area contributed by atoms with Gasteiger partial charge in [-0.1, -0.05) is 115 Å². The second-order valence-electron chi connectivity index (χ2n) is 19.5. The maximum atomic E-state index is 16.9. The van der Waals surface area contributed by atoms with Gasteiger partial charge in [0.25, 0.3) is 0 Å². The Labute approximate surface area is 447 Å². The number of benzene rings is 7. The highest BCUT2D eigenvalue weighted by molar-refractivity contribution is 6.25. The molecule has 0 radical (unpaired) electrons. The Hall–Kier alpha value is -8.74. The SMILES string of the molecule is COc1ccc(C#Cc2ccc3c(c2)[C@]2(C(=O)N3C(=O)N[C@H](C)c3ccccc3)[C@H](C(=O)Nc3ccc(N4CCOCC4)cc3)[C@H]3C(=O)O[C@H](c4ccccc4)[C@H](c4ccccc4)N3[C@@H]2c2cccc(OCCO)c2)cc1. The zero-order chi connectivity index (χ0) is 53.0. The maximum absolute atomic E-state index is 16.9. The van der Waals surface area contributed by atoms with Gasteiger partial charge in [-0.3, -0.25) is 19.3 Å². The van der Waals surface area contributed by atoms with E-state index in [4.69, 9.17) is 18.9 Å². The van der Waals surface area contributed by atoms with Crippen LogP contribution in [0.1, 0.15) is 70.1 Å². The van der Waals surface area contributed by atoms with Gasteiger partial charge in [0.15, 0.2) is 0 Å². The third kappa shape index (κ3) is 9.54. The molecule has 14 heteroatoms. The van der Waals surface area contributed by atoms with Crippen LogP contribution in [-0.2, 0) is 29.3 Å². The Kier molecular flexibility index (Phi) is 14.3. The van der Waals surface area contributed by atoms with E-state index in [1.165, 1.54) is 0 Å². The Balaban J connectivity index is 1.17. The van der Waals surface area contributed by atoms with Crippen molar-refractivity contribution in [2.75, 3.05) is 61.7 Å². The zero-order valence-electron chi connectivity index (χ0n) is 42.6. The van der Waals surface area contributed by atoms with Crippen molar-refractivity contribution in [1.29, 1.82) is 0 Å². The summed E-state index contributed by atoms with van der Waals surface area (Å²) in [6.07, 6.45) is -0.936. The highest BCUT2D eigenvalue weighted by Gasteiger charge is 2.75. The summed E-state index contributed by atoms with van der Waals surface area (Å²) in [4.78, 5) is 69.5. The predicted octanol–water partition coefficient (Wildman–Crippen LogP) is 9.08. The summed E-state index contributed by atoms with van der Waals surface area (Å²) in [5, 5.41) is 16.2. The minimum atomic E-state index is -2.07. The number of nitrogens with zero attached hydrogens (tertiary/aromatic N) is 3. The van der Waals surface area contributed by atoms with Gasteiger partial charge in [-0.25, -0.2) is 9.69 Å². The van der Waals surface area contributed by atoms with Crippen LogP contribution < -0.4 is 29.9 Å². The Morgan fingerprint density at radius 2 is 1.38 bits per heavy atom. The molecular formula is C63H57N5O9. The molecule has 1 spiro atoms. The summed E-state index contributed by atoms with van der Waals surface area (Å²) in [7, 11) is 1.59. The van der Waals surface area contributed by atoms with Gasteiger partial charge in [-0.05, 0) is 114 Å². The fraction of sp³-hybridized carbons (Fsp3) is 0.238. The second-order valence-corrected chi connectivity index (χ2v) is 19.5. The van der Waals surface area contributed by atoms with Gasteiger partial charge in [-0.15, -0.1) is 0 Å². The van der Waals surface area contributed by atoms with E-state index < -0.39 is 65.4 Å². The van der Waals surface area contributed by atoms with Crippen LogP contribution >= 0.6 is 0 Å². The number of carbonyl (C=O) groups excluding carboxylic acids is 4. The Morgan fingerprint density at radius 3 is 2.06 bits per heavy atom. The van der Waals surface area contributed by atoms with E-state index >= 15 is 19.2 Å². The van der Waals surface area contributed by atoms with Crippen molar-refractivity contribution in [2.45, 2.75) is 42.6 Å². The van der Waals surface area contributed by atoms with Crippen LogP contribution in [0.25, 0.3) is 0 Å². The van der Waals surface area contributed by atoms with Crippen LogP contribution in [0.15, 0.2) is 182 Å². The molecule has 0 bridgehead atoms. The summed E-state index contributed by atoms with van der Waals surface area (Å²) in [5.74, 6) is 3.93. The first-order valence-electron chi connectivity index (χ1n) is 25.8. The molecule has 11 rings (SSSR count). The molecule has 4 aliphatic heterocycles. The number of imide groups is 1. The molecule has 7 aromatic rings. The minimum absolute atomic E-state index is 0.0262. The van der Waals surface area contributed by atoms with Crippen LogP contribution in [0.5, 0.6) is 11.5 Å². The molecular weight excluding hydrogens is 971 g/mol. The summed E-state index contributed by atoms with van der Waals surface area (Å²) in [5.41, 5.74) is 3.77. The van der Waals surface area contributed by atoms with Gasteiger partial charge < -0.3 is 39.6 Å². The third-order valence-corrected chi connectivity index (χ3v) is 15.1. The number of esters is 1. The van der Waals surface area contributed by atoms with Gasteiger partial charge in [0, 0.05) is 35.6 Å². The lowest BCUT2D eigenvalue weighted by Crippen LogP contribution is -2.55. The molecule has 7 aromatic carbocycles. The van der Waals surface area contributed by atoms with Gasteiger partial charge in [0.05, 0.1) is 56.7 Å². The Bertz CT molecular complexity index is 3350.